The Morgan fingerprint density at radius 3 is 2.55 bits per heavy atom. The van der Waals surface area contributed by atoms with E-state index in [1.807, 2.05) is 49.6 Å². The maximum Gasteiger partial charge on any atom is 0.252 e. The SMILES string of the molecule is C[C@@H]1OCC(=O)[C@H]1NC(=O)C(CC(C)(C)c1ccccc1)NC(=O)c1ccsc1. The quantitative estimate of drug-likeness (QED) is 0.730. The molecular weight excluding hydrogens is 388 g/mol. The molecule has 0 spiro atoms. The molecular formula is C22H26N2O4S. The zero-order valence-electron chi connectivity index (χ0n) is 16.8. The number of carbonyl (C=O) groups is 3. The lowest BCUT2D eigenvalue weighted by atomic mass is 9.79. The lowest BCUT2D eigenvalue weighted by Gasteiger charge is -2.31. The molecule has 3 atom stereocenters. The molecule has 3 rings (SSSR count). The van der Waals surface area contributed by atoms with Crippen LogP contribution in [0, 0.1) is 0 Å². The van der Waals surface area contributed by atoms with E-state index in [0.717, 1.165) is 5.56 Å². The molecule has 1 unspecified atom stereocenters. The van der Waals surface area contributed by atoms with Crippen LogP contribution in [0.3, 0.4) is 0 Å². The van der Waals surface area contributed by atoms with Crippen molar-refractivity contribution in [1.82, 2.24) is 10.6 Å². The first-order valence-corrected chi connectivity index (χ1v) is 10.6. The van der Waals surface area contributed by atoms with E-state index in [1.54, 1.807) is 18.4 Å². The fourth-order valence-corrected chi connectivity index (χ4v) is 4.11. The first-order valence-electron chi connectivity index (χ1n) is 9.61. The van der Waals surface area contributed by atoms with E-state index in [9.17, 15) is 14.4 Å². The highest BCUT2D eigenvalue weighted by Crippen LogP contribution is 2.28. The van der Waals surface area contributed by atoms with Crippen LogP contribution in [-0.4, -0.2) is 42.4 Å². The molecule has 0 saturated carbocycles. The first kappa shape index (κ1) is 21.2. The fraction of sp³-hybridized carbons (Fsp3) is 0.409. The topological polar surface area (TPSA) is 84.5 Å². The molecule has 2 amide bonds. The summed E-state index contributed by atoms with van der Waals surface area (Å²) in [6.07, 6.45) is -0.00341. The van der Waals surface area contributed by atoms with Crippen LogP contribution in [0.2, 0.25) is 0 Å². The van der Waals surface area contributed by atoms with Crippen molar-refractivity contribution in [2.24, 2.45) is 0 Å². The van der Waals surface area contributed by atoms with E-state index < -0.39 is 12.1 Å². The molecule has 154 valence electrons. The number of ketones is 1. The van der Waals surface area contributed by atoms with E-state index in [4.69, 9.17) is 4.74 Å². The number of thiophene rings is 1. The normalized spacial score (nSPS) is 20.3. The monoisotopic (exact) mass is 414 g/mol. The van der Waals surface area contributed by atoms with Gasteiger partial charge in [0.15, 0.2) is 5.78 Å². The first-order chi connectivity index (χ1) is 13.8. The van der Waals surface area contributed by atoms with Gasteiger partial charge in [0.1, 0.15) is 18.7 Å². The van der Waals surface area contributed by atoms with Gasteiger partial charge >= 0.3 is 0 Å². The Hall–Kier alpha value is -2.51. The van der Waals surface area contributed by atoms with Gasteiger partial charge in [-0.3, -0.25) is 14.4 Å². The average molecular weight is 415 g/mol. The maximum absolute atomic E-state index is 13.1. The lowest BCUT2D eigenvalue weighted by Crippen LogP contribution is -2.54. The van der Waals surface area contributed by atoms with E-state index in [-0.39, 0.29) is 35.7 Å². The molecule has 1 aliphatic rings. The number of Topliss-reactive ketones (excluding diaryl/α,β-unsaturated/α-hetero) is 1. The molecule has 1 aromatic heterocycles. The largest absolute Gasteiger partial charge is 0.368 e. The number of amides is 2. The summed E-state index contributed by atoms with van der Waals surface area (Å²) in [7, 11) is 0. The molecule has 1 aromatic carbocycles. The van der Waals surface area contributed by atoms with E-state index >= 15 is 0 Å². The summed E-state index contributed by atoms with van der Waals surface area (Å²) >= 11 is 1.42. The number of nitrogens with one attached hydrogen (secondary N) is 2. The molecule has 1 saturated heterocycles. The highest BCUT2D eigenvalue weighted by molar-refractivity contribution is 7.08. The smallest absolute Gasteiger partial charge is 0.252 e. The van der Waals surface area contributed by atoms with Crippen molar-refractivity contribution < 1.29 is 19.1 Å². The minimum atomic E-state index is -0.793. The third-order valence-electron chi connectivity index (χ3n) is 5.28. The molecule has 2 heterocycles. The molecule has 29 heavy (non-hydrogen) atoms. The standard InChI is InChI=1S/C22H26N2O4S/c1-14-19(18(25)12-28-14)24-21(27)17(23-20(26)15-9-10-29-13-15)11-22(2,3)16-7-5-4-6-8-16/h4-10,13-14,17,19H,11-12H2,1-3H3,(H,23,26)(H,24,27)/t14-,17?,19-/m0/s1. The van der Waals surface area contributed by atoms with Gasteiger partial charge in [-0.25, -0.2) is 0 Å². The summed E-state index contributed by atoms with van der Waals surface area (Å²) in [5, 5.41) is 9.18. The Kier molecular flexibility index (Phi) is 6.49. The van der Waals surface area contributed by atoms with Crippen molar-refractivity contribution in [1.29, 1.82) is 0 Å². The number of carbonyl (C=O) groups excluding carboxylic acids is 3. The van der Waals surface area contributed by atoms with Gasteiger partial charge in [0, 0.05) is 5.38 Å². The minimum absolute atomic E-state index is 0.00640. The van der Waals surface area contributed by atoms with Crippen LogP contribution in [-0.2, 0) is 19.7 Å². The summed E-state index contributed by atoms with van der Waals surface area (Å²) in [6.45, 7) is 5.81. The Balaban J connectivity index is 1.79. The van der Waals surface area contributed by atoms with Crippen molar-refractivity contribution in [3.8, 4) is 0 Å². The van der Waals surface area contributed by atoms with Crippen molar-refractivity contribution >= 4 is 28.9 Å². The summed E-state index contributed by atoms with van der Waals surface area (Å²) in [5.41, 5.74) is 1.21. The molecule has 0 radical (unpaired) electrons. The van der Waals surface area contributed by atoms with Gasteiger partial charge in [-0.15, -0.1) is 0 Å². The second kappa shape index (κ2) is 8.88. The van der Waals surface area contributed by atoms with Crippen LogP contribution in [0.5, 0.6) is 0 Å². The second-order valence-corrected chi connectivity index (χ2v) is 8.74. The predicted molar refractivity (Wildman–Crippen MR) is 112 cm³/mol. The molecule has 7 heteroatoms. The molecule has 2 N–H and O–H groups in total. The number of ether oxygens (including phenoxy) is 1. The molecule has 0 aliphatic carbocycles. The predicted octanol–water partition coefficient (Wildman–Crippen LogP) is 2.69. The minimum Gasteiger partial charge on any atom is -0.368 e. The third kappa shape index (κ3) is 5.10. The van der Waals surface area contributed by atoms with Gasteiger partial charge in [-0.05, 0) is 35.8 Å². The average Bonchev–Trinajstić information content (AvgIpc) is 3.34. The third-order valence-corrected chi connectivity index (χ3v) is 5.96. The van der Waals surface area contributed by atoms with E-state index in [1.165, 1.54) is 11.3 Å². The highest BCUT2D eigenvalue weighted by atomic mass is 32.1. The van der Waals surface area contributed by atoms with Crippen molar-refractivity contribution in [2.75, 3.05) is 6.61 Å². The summed E-state index contributed by atoms with van der Waals surface area (Å²) in [6, 6.07) is 10.1. The van der Waals surface area contributed by atoms with Crippen LogP contribution in [0.15, 0.2) is 47.2 Å². The van der Waals surface area contributed by atoms with Crippen LogP contribution < -0.4 is 10.6 Å². The molecule has 2 aromatic rings. The zero-order chi connectivity index (χ0) is 21.0. The molecule has 1 fully saturated rings. The fourth-order valence-electron chi connectivity index (χ4n) is 3.48. The van der Waals surface area contributed by atoms with Gasteiger partial charge in [-0.2, -0.15) is 11.3 Å². The number of rotatable bonds is 7. The van der Waals surface area contributed by atoms with Crippen LogP contribution in [0.25, 0.3) is 0 Å². The molecule has 0 bridgehead atoms. The van der Waals surface area contributed by atoms with Gasteiger partial charge in [0.05, 0.1) is 11.7 Å². The van der Waals surface area contributed by atoms with E-state index in [2.05, 4.69) is 10.6 Å². The van der Waals surface area contributed by atoms with Gasteiger partial charge in [0.25, 0.3) is 5.91 Å². The van der Waals surface area contributed by atoms with Crippen LogP contribution in [0.4, 0.5) is 0 Å². The van der Waals surface area contributed by atoms with Crippen LogP contribution >= 0.6 is 11.3 Å². The van der Waals surface area contributed by atoms with Crippen molar-refractivity contribution in [3.63, 3.8) is 0 Å². The Morgan fingerprint density at radius 2 is 1.97 bits per heavy atom. The Labute approximate surface area is 174 Å². The van der Waals surface area contributed by atoms with Gasteiger partial charge in [0.2, 0.25) is 5.91 Å². The second-order valence-electron chi connectivity index (χ2n) is 7.96. The molecule has 6 nitrogen and oxygen atoms in total. The Bertz CT molecular complexity index is 864. The number of hydrogen-bond acceptors (Lipinski definition) is 5. The number of benzene rings is 1. The Morgan fingerprint density at radius 1 is 1.24 bits per heavy atom. The van der Waals surface area contributed by atoms with E-state index in [0.29, 0.717) is 12.0 Å². The summed E-state index contributed by atoms with van der Waals surface area (Å²) in [4.78, 5) is 37.7. The van der Waals surface area contributed by atoms with Gasteiger partial charge in [-0.1, -0.05) is 44.2 Å². The van der Waals surface area contributed by atoms with Crippen molar-refractivity contribution in [2.45, 2.75) is 50.8 Å². The zero-order valence-corrected chi connectivity index (χ0v) is 17.6. The van der Waals surface area contributed by atoms with Crippen LogP contribution in [0.1, 0.15) is 43.1 Å². The van der Waals surface area contributed by atoms with Gasteiger partial charge < -0.3 is 15.4 Å². The van der Waals surface area contributed by atoms with Crippen molar-refractivity contribution in [3.05, 3.63) is 58.3 Å². The highest BCUT2D eigenvalue weighted by Gasteiger charge is 2.37. The molecule has 1 aliphatic heterocycles. The lowest BCUT2D eigenvalue weighted by molar-refractivity contribution is -0.127. The summed E-state index contributed by atoms with van der Waals surface area (Å²) in [5.74, 6) is -0.846. The number of hydrogen-bond donors (Lipinski definition) is 2. The summed E-state index contributed by atoms with van der Waals surface area (Å²) < 4.78 is 5.32. The maximum atomic E-state index is 13.1.